The van der Waals surface area contributed by atoms with E-state index in [1.54, 1.807) is 48.5 Å². The molecule has 0 radical (unpaired) electrons. The van der Waals surface area contributed by atoms with Crippen LogP contribution in [-0.4, -0.2) is 26.4 Å². The molecule has 3 aromatic carbocycles. The summed E-state index contributed by atoms with van der Waals surface area (Å²) in [4.78, 5) is 12.3. The molecule has 1 amide bonds. The maximum atomic E-state index is 12.3. The van der Waals surface area contributed by atoms with Gasteiger partial charge in [0.25, 0.3) is 0 Å². The average molecular weight is 499 g/mol. The third-order valence-electron chi connectivity index (χ3n) is 4.57. The quantitative estimate of drug-likeness (QED) is 0.275. The molecule has 0 aliphatic heterocycles. The largest absolute Gasteiger partial charge is 0.486 e. The lowest BCUT2D eigenvalue weighted by Gasteiger charge is -2.11. The van der Waals surface area contributed by atoms with Crippen molar-refractivity contribution in [2.75, 3.05) is 11.1 Å². The van der Waals surface area contributed by atoms with E-state index >= 15 is 0 Å². The predicted octanol–water partition coefficient (Wildman–Crippen LogP) is 6.27. The molecule has 0 bridgehead atoms. The van der Waals surface area contributed by atoms with Crippen LogP contribution in [0.5, 0.6) is 5.75 Å². The summed E-state index contributed by atoms with van der Waals surface area (Å²) in [5.74, 6) is 1.79. The van der Waals surface area contributed by atoms with Crippen LogP contribution >= 0.6 is 35.0 Å². The van der Waals surface area contributed by atoms with Gasteiger partial charge in [-0.05, 0) is 54.6 Å². The van der Waals surface area contributed by atoms with Crippen molar-refractivity contribution in [2.24, 2.45) is 0 Å². The Bertz CT molecular complexity index is 1220. The molecule has 1 aromatic heterocycles. The molecule has 4 rings (SSSR count). The number of thioether (sulfide) groups is 1. The van der Waals surface area contributed by atoms with Crippen molar-refractivity contribution in [2.45, 2.75) is 18.2 Å². The van der Waals surface area contributed by atoms with E-state index in [1.165, 1.54) is 11.8 Å². The lowest BCUT2D eigenvalue weighted by Crippen LogP contribution is -2.12. The Morgan fingerprint density at radius 3 is 2.48 bits per heavy atom. The van der Waals surface area contributed by atoms with Crippen LogP contribution in [0.1, 0.15) is 12.2 Å². The first-order valence-corrected chi connectivity index (χ1v) is 11.9. The Labute approximate surface area is 205 Å². The number of hydrogen-bond donors (Lipinski definition) is 1. The van der Waals surface area contributed by atoms with Crippen LogP contribution in [0, 0.1) is 0 Å². The van der Waals surface area contributed by atoms with Crippen molar-refractivity contribution in [1.82, 2.24) is 14.8 Å². The van der Waals surface area contributed by atoms with Crippen molar-refractivity contribution >= 4 is 46.6 Å². The molecule has 0 unspecified atom stereocenters. The van der Waals surface area contributed by atoms with E-state index in [0.29, 0.717) is 44.6 Å². The SMILES string of the molecule is O=C(CCSc1nnc(COc2ccc(Cl)cc2)n1-c1ccccc1)Nc1cccc(Cl)c1. The van der Waals surface area contributed by atoms with E-state index in [9.17, 15) is 4.79 Å². The predicted molar refractivity (Wildman–Crippen MR) is 133 cm³/mol. The highest BCUT2D eigenvalue weighted by Gasteiger charge is 2.16. The van der Waals surface area contributed by atoms with Gasteiger partial charge < -0.3 is 10.1 Å². The summed E-state index contributed by atoms with van der Waals surface area (Å²) < 4.78 is 7.82. The third-order valence-corrected chi connectivity index (χ3v) is 5.98. The third kappa shape index (κ3) is 6.51. The van der Waals surface area contributed by atoms with Gasteiger partial charge in [0.05, 0.1) is 0 Å². The van der Waals surface area contributed by atoms with Crippen molar-refractivity contribution in [3.05, 3.63) is 94.7 Å². The van der Waals surface area contributed by atoms with Crippen LogP contribution < -0.4 is 10.1 Å². The standard InChI is InChI=1S/C24H20Cl2N4O2S/c25-17-9-11-21(12-10-17)32-16-22-28-29-24(30(22)20-7-2-1-3-8-20)33-14-13-23(31)27-19-6-4-5-18(26)15-19/h1-12,15H,13-14,16H2,(H,27,31). The van der Waals surface area contributed by atoms with Gasteiger partial charge in [-0.15, -0.1) is 10.2 Å². The number of carbonyl (C=O) groups excluding carboxylic acids is 1. The van der Waals surface area contributed by atoms with Gasteiger partial charge in [0.1, 0.15) is 12.4 Å². The molecule has 0 saturated carbocycles. The fourth-order valence-electron chi connectivity index (χ4n) is 3.03. The van der Waals surface area contributed by atoms with Crippen LogP contribution in [0.4, 0.5) is 5.69 Å². The summed E-state index contributed by atoms with van der Waals surface area (Å²) in [7, 11) is 0. The summed E-state index contributed by atoms with van der Waals surface area (Å²) in [6.45, 7) is 0.235. The molecule has 0 fully saturated rings. The molecule has 0 aliphatic rings. The van der Waals surface area contributed by atoms with Crippen LogP contribution in [0.2, 0.25) is 10.0 Å². The van der Waals surface area contributed by atoms with Crippen molar-refractivity contribution in [3.8, 4) is 11.4 Å². The molecule has 4 aromatic rings. The van der Waals surface area contributed by atoms with Crippen molar-refractivity contribution in [3.63, 3.8) is 0 Å². The van der Waals surface area contributed by atoms with E-state index in [1.807, 2.05) is 34.9 Å². The Hall–Kier alpha value is -3.00. The smallest absolute Gasteiger partial charge is 0.225 e. The number of ether oxygens (including phenoxy) is 1. The Kier molecular flexibility index (Phi) is 7.88. The highest BCUT2D eigenvalue weighted by Crippen LogP contribution is 2.24. The minimum absolute atomic E-state index is 0.0955. The minimum Gasteiger partial charge on any atom is -0.486 e. The Morgan fingerprint density at radius 1 is 0.939 bits per heavy atom. The zero-order valence-corrected chi connectivity index (χ0v) is 19.8. The summed E-state index contributed by atoms with van der Waals surface area (Å²) in [5, 5.41) is 13.4. The van der Waals surface area contributed by atoms with Crippen molar-refractivity contribution in [1.29, 1.82) is 0 Å². The molecule has 168 valence electrons. The summed E-state index contributed by atoms with van der Waals surface area (Å²) in [6, 6.07) is 24.0. The number of halogens is 2. The second kappa shape index (κ2) is 11.2. The number of nitrogens with zero attached hydrogens (tertiary/aromatic N) is 3. The summed E-state index contributed by atoms with van der Waals surface area (Å²) in [6.07, 6.45) is 0.315. The highest BCUT2D eigenvalue weighted by molar-refractivity contribution is 7.99. The number of aromatic nitrogens is 3. The second-order valence-corrected chi connectivity index (χ2v) is 8.90. The van der Waals surface area contributed by atoms with E-state index in [-0.39, 0.29) is 12.5 Å². The van der Waals surface area contributed by atoms with Crippen LogP contribution in [0.25, 0.3) is 5.69 Å². The Balaban J connectivity index is 1.42. The first-order valence-electron chi connectivity index (χ1n) is 10.1. The molecule has 9 heteroatoms. The monoisotopic (exact) mass is 498 g/mol. The number of anilines is 1. The molecule has 6 nitrogen and oxygen atoms in total. The van der Waals surface area contributed by atoms with E-state index < -0.39 is 0 Å². The maximum Gasteiger partial charge on any atom is 0.225 e. The molecule has 0 spiro atoms. The number of hydrogen-bond acceptors (Lipinski definition) is 5. The first kappa shape index (κ1) is 23.2. The van der Waals surface area contributed by atoms with Crippen LogP contribution in [0.3, 0.4) is 0 Å². The number of amides is 1. The average Bonchev–Trinajstić information content (AvgIpc) is 3.22. The number of carbonyl (C=O) groups is 1. The fraction of sp³-hybridized carbons (Fsp3) is 0.125. The highest BCUT2D eigenvalue weighted by atomic mass is 35.5. The fourth-order valence-corrected chi connectivity index (χ4v) is 4.25. The lowest BCUT2D eigenvalue weighted by molar-refractivity contribution is -0.115. The number of nitrogens with one attached hydrogen (secondary N) is 1. The van der Waals surface area contributed by atoms with Gasteiger partial charge in [0.15, 0.2) is 11.0 Å². The van der Waals surface area contributed by atoms with Crippen LogP contribution in [-0.2, 0) is 11.4 Å². The number of benzene rings is 3. The Morgan fingerprint density at radius 2 is 1.73 bits per heavy atom. The number of para-hydroxylation sites is 1. The molecule has 0 aliphatic carbocycles. The van der Waals surface area contributed by atoms with Gasteiger partial charge in [-0.3, -0.25) is 9.36 Å². The second-order valence-electron chi connectivity index (χ2n) is 6.97. The zero-order valence-electron chi connectivity index (χ0n) is 17.4. The molecule has 1 heterocycles. The molecule has 0 saturated heterocycles. The molecule has 0 atom stereocenters. The molecular weight excluding hydrogens is 479 g/mol. The molecule has 1 N–H and O–H groups in total. The van der Waals surface area contributed by atoms with Gasteiger partial charge in [-0.1, -0.05) is 59.2 Å². The maximum absolute atomic E-state index is 12.3. The number of rotatable bonds is 9. The van der Waals surface area contributed by atoms with Crippen LogP contribution in [0.15, 0.2) is 84.0 Å². The molecule has 33 heavy (non-hydrogen) atoms. The topological polar surface area (TPSA) is 69.0 Å². The zero-order chi connectivity index (χ0) is 23.0. The molecular formula is C24H20Cl2N4O2S. The van der Waals surface area contributed by atoms with Gasteiger partial charge in [0, 0.05) is 33.6 Å². The van der Waals surface area contributed by atoms with E-state index in [2.05, 4.69) is 15.5 Å². The van der Waals surface area contributed by atoms with Gasteiger partial charge in [0.2, 0.25) is 5.91 Å². The summed E-state index contributed by atoms with van der Waals surface area (Å²) >= 11 is 13.4. The van der Waals surface area contributed by atoms with Gasteiger partial charge in [-0.25, -0.2) is 0 Å². The van der Waals surface area contributed by atoms with Gasteiger partial charge in [-0.2, -0.15) is 0 Å². The lowest BCUT2D eigenvalue weighted by atomic mass is 10.3. The normalized spacial score (nSPS) is 10.7. The van der Waals surface area contributed by atoms with E-state index in [4.69, 9.17) is 27.9 Å². The van der Waals surface area contributed by atoms with E-state index in [0.717, 1.165) is 5.69 Å². The summed E-state index contributed by atoms with van der Waals surface area (Å²) in [5.41, 5.74) is 1.59. The van der Waals surface area contributed by atoms with Gasteiger partial charge >= 0.3 is 0 Å². The first-order chi connectivity index (χ1) is 16.1. The minimum atomic E-state index is -0.0955. The van der Waals surface area contributed by atoms with Crippen molar-refractivity contribution < 1.29 is 9.53 Å².